The van der Waals surface area contributed by atoms with E-state index in [0.29, 0.717) is 19.5 Å². The Bertz CT molecular complexity index is 587. The first kappa shape index (κ1) is 12.9. The maximum atomic E-state index is 14.0. The number of phenols is 1. The summed E-state index contributed by atoms with van der Waals surface area (Å²) in [4.78, 5) is 0. The lowest BCUT2D eigenvalue weighted by Crippen LogP contribution is -1.89. The van der Waals surface area contributed by atoms with E-state index in [0.717, 1.165) is 0 Å². The molecule has 5 heteroatoms. The minimum Gasteiger partial charge on any atom is -0.507 e. The van der Waals surface area contributed by atoms with Crippen molar-refractivity contribution in [3.05, 3.63) is 50.1 Å². The minimum atomic E-state index is -0.447. The van der Waals surface area contributed by atoms with Gasteiger partial charge in [-0.25, -0.2) is 4.39 Å². The number of halogens is 4. The molecule has 2 rings (SSSR count). The van der Waals surface area contributed by atoms with Crippen LogP contribution in [0.2, 0.25) is 5.02 Å². The van der Waals surface area contributed by atoms with Crippen LogP contribution in [-0.4, -0.2) is 5.11 Å². The fourth-order valence-electron chi connectivity index (χ4n) is 1.48. The highest BCUT2D eigenvalue weighted by molar-refractivity contribution is 9.11. The van der Waals surface area contributed by atoms with E-state index in [4.69, 9.17) is 11.6 Å². The van der Waals surface area contributed by atoms with E-state index in [9.17, 15) is 9.50 Å². The second kappa shape index (κ2) is 4.96. The van der Waals surface area contributed by atoms with Gasteiger partial charge in [0, 0.05) is 20.6 Å². The molecule has 2 aromatic rings. The largest absolute Gasteiger partial charge is 0.507 e. The van der Waals surface area contributed by atoms with Gasteiger partial charge in [-0.1, -0.05) is 27.5 Å². The van der Waals surface area contributed by atoms with Crippen molar-refractivity contribution in [2.45, 2.75) is 0 Å². The molecule has 1 N–H and O–H groups in total. The average Bonchev–Trinajstić information content (AvgIpc) is 2.29. The van der Waals surface area contributed by atoms with E-state index in [1.807, 2.05) is 0 Å². The first-order valence-electron chi connectivity index (χ1n) is 4.63. The lowest BCUT2D eigenvalue weighted by Gasteiger charge is -2.10. The van der Waals surface area contributed by atoms with E-state index in [2.05, 4.69) is 31.9 Å². The van der Waals surface area contributed by atoms with Gasteiger partial charge in [0.1, 0.15) is 11.6 Å². The van der Waals surface area contributed by atoms with Crippen LogP contribution < -0.4 is 0 Å². The van der Waals surface area contributed by atoms with Gasteiger partial charge in [0.2, 0.25) is 0 Å². The summed E-state index contributed by atoms with van der Waals surface area (Å²) in [6, 6.07) is 7.79. The van der Waals surface area contributed by atoms with Gasteiger partial charge < -0.3 is 5.11 Å². The molecule has 0 aliphatic heterocycles. The summed E-state index contributed by atoms with van der Waals surface area (Å²) < 4.78 is 14.9. The van der Waals surface area contributed by atoms with Crippen LogP contribution in [0.4, 0.5) is 4.39 Å². The van der Waals surface area contributed by atoms with Crippen molar-refractivity contribution >= 4 is 43.5 Å². The van der Waals surface area contributed by atoms with Crippen molar-refractivity contribution < 1.29 is 9.50 Å². The van der Waals surface area contributed by atoms with Gasteiger partial charge in [-0.2, -0.15) is 0 Å². The Hall–Kier alpha value is -0.580. The molecular formula is C12H6Br2ClFO. The quantitative estimate of drug-likeness (QED) is 0.659. The van der Waals surface area contributed by atoms with Crippen LogP contribution in [0.3, 0.4) is 0 Å². The van der Waals surface area contributed by atoms with E-state index in [1.165, 1.54) is 12.1 Å². The van der Waals surface area contributed by atoms with E-state index < -0.39 is 5.82 Å². The molecule has 0 aromatic heterocycles. The second-order valence-corrected chi connectivity index (χ2v) is 5.52. The molecule has 0 aliphatic rings. The van der Waals surface area contributed by atoms with Crippen molar-refractivity contribution in [2.75, 3.05) is 0 Å². The molecule has 0 bridgehead atoms. The van der Waals surface area contributed by atoms with Gasteiger partial charge in [0.25, 0.3) is 0 Å². The third-order valence-corrected chi connectivity index (χ3v) is 3.78. The molecule has 0 amide bonds. The maximum absolute atomic E-state index is 14.0. The third-order valence-electron chi connectivity index (χ3n) is 2.27. The Morgan fingerprint density at radius 2 is 1.71 bits per heavy atom. The van der Waals surface area contributed by atoms with Gasteiger partial charge in [0.05, 0.1) is 4.47 Å². The van der Waals surface area contributed by atoms with Crippen LogP contribution >= 0.6 is 43.5 Å². The predicted octanol–water partition coefficient (Wildman–Crippen LogP) is 5.38. The molecule has 0 spiro atoms. The first-order valence-corrected chi connectivity index (χ1v) is 6.59. The fraction of sp³-hybridized carbons (Fsp3) is 0. The molecule has 0 aliphatic carbocycles. The molecule has 0 atom stereocenters. The number of aromatic hydroxyl groups is 1. The zero-order chi connectivity index (χ0) is 12.6. The number of hydrogen-bond donors (Lipinski definition) is 1. The molecule has 0 unspecified atom stereocenters. The minimum absolute atomic E-state index is 0.0212. The summed E-state index contributed by atoms with van der Waals surface area (Å²) in [5.41, 5.74) is 0.627. The van der Waals surface area contributed by atoms with Crippen molar-refractivity contribution in [3.8, 4) is 16.9 Å². The van der Waals surface area contributed by atoms with Crippen molar-refractivity contribution in [2.24, 2.45) is 0 Å². The van der Waals surface area contributed by atoms with Crippen LogP contribution in [0.5, 0.6) is 5.75 Å². The highest BCUT2D eigenvalue weighted by atomic mass is 79.9. The van der Waals surface area contributed by atoms with Gasteiger partial charge in [-0.05, 0) is 46.3 Å². The lowest BCUT2D eigenvalue weighted by atomic mass is 10.0. The Morgan fingerprint density at radius 3 is 2.41 bits per heavy atom. The fourth-order valence-corrected chi connectivity index (χ4v) is 2.50. The van der Waals surface area contributed by atoms with Gasteiger partial charge in [0.15, 0.2) is 0 Å². The SMILES string of the molecule is Oc1ccc(Cl)cc1-c1c(Br)ccc(Br)c1F. The molecule has 0 saturated carbocycles. The normalized spacial score (nSPS) is 10.6. The van der Waals surface area contributed by atoms with E-state index >= 15 is 0 Å². The third kappa shape index (κ3) is 2.49. The van der Waals surface area contributed by atoms with E-state index in [-0.39, 0.29) is 11.3 Å². The van der Waals surface area contributed by atoms with E-state index in [1.54, 1.807) is 18.2 Å². The Labute approximate surface area is 119 Å². The Balaban J connectivity index is 2.76. The molecule has 0 fully saturated rings. The molecule has 17 heavy (non-hydrogen) atoms. The van der Waals surface area contributed by atoms with Crippen molar-refractivity contribution in [1.29, 1.82) is 0 Å². The highest BCUT2D eigenvalue weighted by Gasteiger charge is 2.16. The molecule has 2 aromatic carbocycles. The topological polar surface area (TPSA) is 20.2 Å². The zero-order valence-corrected chi connectivity index (χ0v) is 12.3. The lowest BCUT2D eigenvalue weighted by molar-refractivity contribution is 0.476. The van der Waals surface area contributed by atoms with Crippen LogP contribution in [0.15, 0.2) is 39.3 Å². The second-order valence-electron chi connectivity index (χ2n) is 3.38. The van der Waals surface area contributed by atoms with Gasteiger partial charge >= 0.3 is 0 Å². The maximum Gasteiger partial charge on any atom is 0.146 e. The molecule has 0 radical (unpaired) electrons. The molecule has 0 heterocycles. The number of rotatable bonds is 1. The number of hydrogen-bond acceptors (Lipinski definition) is 1. The molecule has 88 valence electrons. The molecule has 0 saturated heterocycles. The summed E-state index contributed by atoms with van der Waals surface area (Å²) >= 11 is 12.2. The monoisotopic (exact) mass is 378 g/mol. The smallest absolute Gasteiger partial charge is 0.146 e. The summed E-state index contributed by atoms with van der Waals surface area (Å²) in [6.45, 7) is 0. The summed E-state index contributed by atoms with van der Waals surface area (Å²) in [5, 5.41) is 10.2. The van der Waals surface area contributed by atoms with Crippen LogP contribution in [0.1, 0.15) is 0 Å². The van der Waals surface area contributed by atoms with Crippen molar-refractivity contribution in [3.63, 3.8) is 0 Å². The van der Waals surface area contributed by atoms with Gasteiger partial charge in [-0.15, -0.1) is 0 Å². The standard InChI is InChI=1S/C12H6Br2ClFO/c13-8-2-3-9(14)12(16)11(8)7-5-6(15)1-4-10(7)17/h1-5,17H. The Morgan fingerprint density at radius 1 is 1.06 bits per heavy atom. The van der Waals surface area contributed by atoms with Gasteiger partial charge in [-0.3, -0.25) is 0 Å². The Kier molecular flexibility index (Phi) is 3.76. The first-order chi connectivity index (χ1) is 8.00. The summed E-state index contributed by atoms with van der Waals surface area (Å²) in [6.07, 6.45) is 0. The van der Waals surface area contributed by atoms with Crippen molar-refractivity contribution in [1.82, 2.24) is 0 Å². The number of benzene rings is 2. The number of phenolic OH excluding ortho intramolecular Hbond substituents is 1. The summed E-state index contributed by atoms with van der Waals surface area (Å²) in [5.74, 6) is -0.468. The average molecular weight is 380 g/mol. The van der Waals surface area contributed by atoms with Crippen LogP contribution in [-0.2, 0) is 0 Å². The predicted molar refractivity (Wildman–Crippen MR) is 73.9 cm³/mol. The van der Waals surface area contributed by atoms with Crippen LogP contribution in [0.25, 0.3) is 11.1 Å². The highest BCUT2D eigenvalue weighted by Crippen LogP contribution is 2.39. The van der Waals surface area contributed by atoms with Crippen LogP contribution in [0, 0.1) is 5.82 Å². The zero-order valence-electron chi connectivity index (χ0n) is 8.35. The molecule has 1 nitrogen and oxygen atoms in total. The summed E-state index contributed by atoms with van der Waals surface area (Å²) in [7, 11) is 0. The molecular weight excluding hydrogens is 374 g/mol.